The van der Waals surface area contributed by atoms with Crippen LogP contribution >= 0.6 is 15.9 Å². The Balaban J connectivity index is 2.04. The molecule has 0 unspecified atom stereocenters. The first kappa shape index (κ1) is 10.9. The largest absolute Gasteiger partial charge is 0.231 e. The number of aryl methyl sites for hydroxylation is 2. The van der Waals surface area contributed by atoms with Crippen LogP contribution in [-0.4, -0.2) is 9.97 Å². The number of rotatable bonds is 1. The van der Waals surface area contributed by atoms with Crippen LogP contribution in [0.2, 0.25) is 0 Å². The summed E-state index contributed by atoms with van der Waals surface area (Å²) in [6, 6.07) is 8.65. The lowest BCUT2D eigenvalue weighted by atomic mass is 9.90. The van der Waals surface area contributed by atoms with E-state index in [1.165, 1.54) is 42.4 Å². The van der Waals surface area contributed by atoms with E-state index in [4.69, 9.17) is 0 Å². The maximum Gasteiger partial charge on any atom is 0.197 e. The van der Waals surface area contributed by atoms with Crippen molar-refractivity contribution in [2.75, 3.05) is 0 Å². The summed E-state index contributed by atoms with van der Waals surface area (Å²) in [5.41, 5.74) is 5.17. The van der Waals surface area contributed by atoms with Gasteiger partial charge in [0, 0.05) is 11.8 Å². The molecule has 0 aliphatic heterocycles. The van der Waals surface area contributed by atoms with Crippen molar-refractivity contribution in [3.63, 3.8) is 0 Å². The minimum Gasteiger partial charge on any atom is -0.231 e. The molecule has 0 atom stereocenters. The number of benzene rings is 1. The van der Waals surface area contributed by atoms with Crippen LogP contribution in [0.4, 0.5) is 0 Å². The topological polar surface area (TPSA) is 25.8 Å². The van der Waals surface area contributed by atoms with Gasteiger partial charge < -0.3 is 0 Å². The predicted molar refractivity (Wildman–Crippen MR) is 71.8 cm³/mol. The molecule has 1 aliphatic rings. The number of hydrogen-bond acceptors (Lipinski definition) is 2. The molecule has 2 nitrogen and oxygen atoms in total. The Kier molecular flexibility index (Phi) is 2.93. The van der Waals surface area contributed by atoms with Gasteiger partial charge in [-0.05, 0) is 64.9 Å². The predicted octanol–water partition coefficient (Wildman–Crippen LogP) is 3.78. The molecule has 0 radical (unpaired) electrons. The smallest absolute Gasteiger partial charge is 0.197 e. The highest BCUT2D eigenvalue weighted by atomic mass is 79.9. The lowest BCUT2D eigenvalue weighted by molar-refractivity contribution is 0.686. The van der Waals surface area contributed by atoms with Crippen molar-refractivity contribution in [1.29, 1.82) is 0 Å². The highest BCUT2D eigenvalue weighted by Crippen LogP contribution is 2.26. The van der Waals surface area contributed by atoms with Crippen molar-refractivity contribution in [2.24, 2.45) is 0 Å². The fraction of sp³-hybridized carbons (Fsp3) is 0.286. The second-order valence-corrected chi connectivity index (χ2v) is 5.11. The lowest BCUT2D eigenvalue weighted by Gasteiger charge is -2.16. The summed E-state index contributed by atoms with van der Waals surface area (Å²) < 4.78 is 0.646. The van der Waals surface area contributed by atoms with Gasteiger partial charge in [-0.25, -0.2) is 9.97 Å². The average Bonchev–Trinajstić information content (AvgIpc) is 2.38. The zero-order valence-corrected chi connectivity index (χ0v) is 11.1. The third-order valence-corrected chi connectivity index (χ3v) is 3.65. The van der Waals surface area contributed by atoms with E-state index in [9.17, 15) is 0 Å². The molecule has 86 valence electrons. The van der Waals surface area contributed by atoms with Crippen LogP contribution in [0.1, 0.15) is 24.0 Å². The van der Waals surface area contributed by atoms with Crippen LogP contribution in [0.5, 0.6) is 0 Å². The first-order chi connectivity index (χ1) is 8.33. The summed E-state index contributed by atoms with van der Waals surface area (Å²) in [5, 5.41) is 0. The Morgan fingerprint density at radius 1 is 1.00 bits per heavy atom. The molecule has 1 heterocycles. The Hall–Kier alpha value is -1.22. The number of hydrogen-bond donors (Lipinski definition) is 0. The van der Waals surface area contributed by atoms with Gasteiger partial charge >= 0.3 is 0 Å². The van der Waals surface area contributed by atoms with E-state index in [0.29, 0.717) is 4.73 Å². The molecule has 0 saturated heterocycles. The second-order valence-electron chi connectivity index (χ2n) is 4.40. The minimum atomic E-state index is 0.646. The van der Waals surface area contributed by atoms with Gasteiger partial charge in [-0.15, -0.1) is 0 Å². The highest BCUT2D eigenvalue weighted by molar-refractivity contribution is 9.10. The van der Waals surface area contributed by atoms with Crippen LogP contribution in [0.15, 0.2) is 35.2 Å². The molecule has 0 fully saturated rings. The van der Waals surface area contributed by atoms with E-state index >= 15 is 0 Å². The molecule has 1 aromatic carbocycles. The van der Waals surface area contributed by atoms with Crippen LogP contribution in [-0.2, 0) is 12.8 Å². The Bertz CT molecular complexity index is 552. The fourth-order valence-electron chi connectivity index (χ4n) is 2.39. The zero-order chi connectivity index (χ0) is 11.7. The van der Waals surface area contributed by atoms with Gasteiger partial charge in [0.1, 0.15) is 0 Å². The van der Waals surface area contributed by atoms with Crippen molar-refractivity contribution in [3.8, 4) is 11.3 Å². The van der Waals surface area contributed by atoms with E-state index in [0.717, 1.165) is 5.69 Å². The normalized spacial score (nSPS) is 14.4. The lowest BCUT2D eigenvalue weighted by Crippen LogP contribution is -2.02. The molecule has 0 saturated carbocycles. The molecular weight excluding hydrogens is 276 g/mol. The summed E-state index contributed by atoms with van der Waals surface area (Å²) in [5.74, 6) is 0. The molecule has 2 aromatic rings. The SMILES string of the molecule is Brc1nccc(-c2ccc3c(c2)CCCC3)n1. The van der Waals surface area contributed by atoms with E-state index < -0.39 is 0 Å². The highest BCUT2D eigenvalue weighted by Gasteiger charge is 2.10. The number of halogens is 1. The maximum atomic E-state index is 4.40. The maximum absolute atomic E-state index is 4.40. The number of fused-ring (bicyclic) bond motifs is 1. The van der Waals surface area contributed by atoms with Crippen LogP contribution in [0.3, 0.4) is 0 Å². The number of aromatic nitrogens is 2. The first-order valence-corrected chi connectivity index (χ1v) is 6.73. The third kappa shape index (κ3) is 2.25. The minimum absolute atomic E-state index is 0.646. The van der Waals surface area contributed by atoms with Gasteiger partial charge in [0.15, 0.2) is 4.73 Å². The van der Waals surface area contributed by atoms with Gasteiger partial charge in [-0.1, -0.05) is 12.1 Å². The zero-order valence-electron chi connectivity index (χ0n) is 9.49. The van der Waals surface area contributed by atoms with Crippen molar-refractivity contribution >= 4 is 15.9 Å². The fourth-order valence-corrected chi connectivity index (χ4v) is 2.70. The van der Waals surface area contributed by atoms with E-state index in [1.807, 2.05) is 6.07 Å². The second kappa shape index (κ2) is 4.57. The summed E-state index contributed by atoms with van der Waals surface area (Å²) in [4.78, 5) is 8.46. The molecule has 0 bridgehead atoms. The first-order valence-electron chi connectivity index (χ1n) is 5.94. The van der Waals surface area contributed by atoms with Crippen molar-refractivity contribution in [2.45, 2.75) is 25.7 Å². The summed E-state index contributed by atoms with van der Waals surface area (Å²) in [6.07, 6.45) is 6.85. The molecular formula is C14H13BrN2. The molecule has 1 aromatic heterocycles. The average molecular weight is 289 g/mol. The van der Waals surface area contributed by atoms with Crippen LogP contribution in [0.25, 0.3) is 11.3 Å². The Labute approximate surface area is 109 Å². The standard InChI is InChI=1S/C14H13BrN2/c15-14-16-8-7-13(17-14)12-6-5-10-3-1-2-4-11(10)9-12/h5-9H,1-4H2. The van der Waals surface area contributed by atoms with Crippen molar-refractivity contribution in [3.05, 3.63) is 46.3 Å². The van der Waals surface area contributed by atoms with Gasteiger partial charge in [0.2, 0.25) is 0 Å². The number of nitrogens with zero attached hydrogens (tertiary/aromatic N) is 2. The van der Waals surface area contributed by atoms with Crippen LogP contribution in [0, 0.1) is 0 Å². The van der Waals surface area contributed by atoms with Crippen LogP contribution < -0.4 is 0 Å². The molecule has 3 rings (SSSR count). The van der Waals surface area contributed by atoms with E-state index in [1.54, 1.807) is 6.20 Å². The van der Waals surface area contributed by atoms with Gasteiger partial charge in [0.05, 0.1) is 5.69 Å². The van der Waals surface area contributed by atoms with Crippen molar-refractivity contribution < 1.29 is 0 Å². The Morgan fingerprint density at radius 3 is 2.65 bits per heavy atom. The third-order valence-electron chi connectivity index (χ3n) is 3.27. The molecule has 0 spiro atoms. The Morgan fingerprint density at radius 2 is 1.82 bits per heavy atom. The van der Waals surface area contributed by atoms with E-state index in [2.05, 4.69) is 44.1 Å². The van der Waals surface area contributed by atoms with E-state index in [-0.39, 0.29) is 0 Å². The molecule has 3 heteroatoms. The summed E-state index contributed by atoms with van der Waals surface area (Å²) in [7, 11) is 0. The summed E-state index contributed by atoms with van der Waals surface area (Å²) >= 11 is 3.31. The quantitative estimate of drug-likeness (QED) is 0.746. The van der Waals surface area contributed by atoms with Gasteiger partial charge in [-0.3, -0.25) is 0 Å². The summed E-state index contributed by atoms with van der Waals surface area (Å²) in [6.45, 7) is 0. The van der Waals surface area contributed by atoms with Gasteiger partial charge in [-0.2, -0.15) is 0 Å². The van der Waals surface area contributed by atoms with Gasteiger partial charge in [0.25, 0.3) is 0 Å². The molecule has 1 aliphatic carbocycles. The molecule has 0 N–H and O–H groups in total. The molecule has 0 amide bonds. The monoisotopic (exact) mass is 288 g/mol. The van der Waals surface area contributed by atoms with Crippen molar-refractivity contribution in [1.82, 2.24) is 9.97 Å². The molecule has 17 heavy (non-hydrogen) atoms.